The third-order valence-corrected chi connectivity index (χ3v) is 3.95. The number of aliphatic hydroxyl groups is 2. The summed E-state index contributed by atoms with van der Waals surface area (Å²) in [6.07, 6.45) is 2.15. The Hall–Kier alpha value is -0.610. The molecule has 3 unspecified atom stereocenters. The Morgan fingerprint density at radius 2 is 2.06 bits per heavy atom. The number of hydrogen-bond donors (Lipinski definition) is 2. The van der Waals surface area contributed by atoms with Gasteiger partial charge in [0, 0.05) is 0 Å². The SMILES string of the molecule is CC(C)C1CC[C@@H](C)CC1C(=O)OCC(O)CO. The molecule has 1 saturated carbocycles. The van der Waals surface area contributed by atoms with E-state index in [9.17, 15) is 9.90 Å². The lowest BCUT2D eigenvalue weighted by Crippen LogP contribution is -2.35. The molecule has 1 aliphatic carbocycles. The highest BCUT2D eigenvalue weighted by Crippen LogP contribution is 2.38. The van der Waals surface area contributed by atoms with Gasteiger partial charge in [-0.2, -0.15) is 0 Å². The molecular formula is C14H26O4. The molecule has 18 heavy (non-hydrogen) atoms. The molecule has 1 fully saturated rings. The molecule has 0 aromatic rings. The van der Waals surface area contributed by atoms with Gasteiger partial charge in [0.15, 0.2) is 0 Å². The van der Waals surface area contributed by atoms with Gasteiger partial charge in [0.05, 0.1) is 12.5 Å². The maximum atomic E-state index is 12.1. The van der Waals surface area contributed by atoms with Gasteiger partial charge in [0.1, 0.15) is 12.7 Å². The molecule has 0 bridgehead atoms. The number of carbonyl (C=O) groups is 1. The van der Waals surface area contributed by atoms with E-state index in [1.807, 2.05) is 0 Å². The molecule has 2 N–H and O–H groups in total. The van der Waals surface area contributed by atoms with E-state index in [0.717, 1.165) is 12.8 Å². The molecule has 0 spiro atoms. The first-order valence-electron chi connectivity index (χ1n) is 6.91. The molecule has 0 saturated heterocycles. The summed E-state index contributed by atoms with van der Waals surface area (Å²) in [5.74, 6) is 1.13. The summed E-state index contributed by atoms with van der Waals surface area (Å²) >= 11 is 0. The molecule has 4 heteroatoms. The lowest BCUT2D eigenvalue weighted by Gasteiger charge is -2.35. The van der Waals surface area contributed by atoms with Crippen molar-refractivity contribution in [2.24, 2.45) is 23.7 Å². The van der Waals surface area contributed by atoms with E-state index in [4.69, 9.17) is 9.84 Å². The zero-order valence-corrected chi connectivity index (χ0v) is 11.6. The van der Waals surface area contributed by atoms with E-state index < -0.39 is 6.10 Å². The van der Waals surface area contributed by atoms with Gasteiger partial charge in [0.2, 0.25) is 0 Å². The summed E-state index contributed by atoms with van der Waals surface area (Å²) in [5, 5.41) is 17.9. The van der Waals surface area contributed by atoms with Gasteiger partial charge in [-0.05, 0) is 30.6 Å². The molecule has 1 rings (SSSR count). The molecule has 0 amide bonds. The number of hydrogen-bond acceptors (Lipinski definition) is 4. The van der Waals surface area contributed by atoms with E-state index in [0.29, 0.717) is 17.8 Å². The van der Waals surface area contributed by atoms with Crippen LogP contribution in [0.4, 0.5) is 0 Å². The lowest BCUT2D eigenvalue weighted by molar-refractivity contribution is -0.157. The minimum Gasteiger partial charge on any atom is -0.463 e. The molecule has 4 nitrogen and oxygen atoms in total. The Morgan fingerprint density at radius 1 is 1.39 bits per heavy atom. The smallest absolute Gasteiger partial charge is 0.309 e. The van der Waals surface area contributed by atoms with E-state index in [1.54, 1.807) is 0 Å². The second-order valence-corrected chi connectivity index (χ2v) is 5.90. The number of ether oxygens (including phenoxy) is 1. The second kappa shape index (κ2) is 7.10. The first kappa shape index (κ1) is 15.4. The van der Waals surface area contributed by atoms with Crippen LogP contribution in [0.25, 0.3) is 0 Å². The number of rotatable bonds is 5. The Kier molecular flexibility index (Phi) is 6.09. The van der Waals surface area contributed by atoms with Gasteiger partial charge in [-0.3, -0.25) is 4.79 Å². The van der Waals surface area contributed by atoms with E-state index in [-0.39, 0.29) is 25.1 Å². The van der Waals surface area contributed by atoms with Gasteiger partial charge in [0.25, 0.3) is 0 Å². The zero-order chi connectivity index (χ0) is 13.7. The predicted octanol–water partition coefficient (Wildman–Crippen LogP) is 1.59. The Labute approximate surface area is 109 Å². The number of carbonyl (C=O) groups excluding carboxylic acids is 1. The fourth-order valence-electron chi connectivity index (χ4n) is 2.81. The van der Waals surface area contributed by atoms with E-state index >= 15 is 0 Å². The van der Waals surface area contributed by atoms with Crippen molar-refractivity contribution in [3.63, 3.8) is 0 Å². The number of aliphatic hydroxyl groups excluding tert-OH is 2. The van der Waals surface area contributed by atoms with Gasteiger partial charge >= 0.3 is 5.97 Å². The van der Waals surface area contributed by atoms with Crippen LogP contribution in [0.15, 0.2) is 0 Å². The van der Waals surface area contributed by atoms with Crippen LogP contribution in [0.3, 0.4) is 0 Å². The molecule has 0 heterocycles. The summed E-state index contributed by atoms with van der Waals surface area (Å²) in [6, 6.07) is 0. The van der Waals surface area contributed by atoms with Crippen LogP contribution in [0, 0.1) is 23.7 Å². The fourth-order valence-corrected chi connectivity index (χ4v) is 2.81. The Morgan fingerprint density at radius 3 is 2.61 bits per heavy atom. The number of esters is 1. The summed E-state index contributed by atoms with van der Waals surface area (Å²) < 4.78 is 5.11. The van der Waals surface area contributed by atoms with E-state index in [1.165, 1.54) is 6.42 Å². The largest absolute Gasteiger partial charge is 0.463 e. The third kappa shape index (κ3) is 4.25. The predicted molar refractivity (Wildman–Crippen MR) is 68.9 cm³/mol. The molecule has 106 valence electrons. The van der Waals surface area contributed by atoms with Crippen LogP contribution in [0.1, 0.15) is 40.0 Å². The summed E-state index contributed by atoms with van der Waals surface area (Å²) in [7, 11) is 0. The monoisotopic (exact) mass is 258 g/mol. The highest BCUT2D eigenvalue weighted by atomic mass is 16.5. The maximum Gasteiger partial charge on any atom is 0.309 e. The Balaban J connectivity index is 2.55. The maximum absolute atomic E-state index is 12.1. The standard InChI is InChI=1S/C14H26O4/c1-9(2)12-5-4-10(3)6-13(12)14(17)18-8-11(16)7-15/h9-13,15-16H,4-8H2,1-3H3/t10-,11?,12?,13?/m1/s1. The van der Waals surface area contributed by atoms with Crippen LogP contribution < -0.4 is 0 Å². The fraction of sp³-hybridized carbons (Fsp3) is 0.929. The molecular weight excluding hydrogens is 232 g/mol. The van der Waals surface area contributed by atoms with Gasteiger partial charge in [-0.1, -0.05) is 27.2 Å². The van der Waals surface area contributed by atoms with Crippen molar-refractivity contribution in [2.45, 2.75) is 46.1 Å². The second-order valence-electron chi connectivity index (χ2n) is 5.90. The molecule has 0 radical (unpaired) electrons. The van der Waals surface area contributed by atoms with Crippen molar-refractivity contribution in [1.29, 1.82) is 0 Å². The first-order chi connectivity index (χ1) is 8.45. The minimum atomic E-state index is -0.965. The normalized spacial score (nSPS) is 30.2. The van der Waals surface area contributed by atoms with Crippen molar-refractivity contribution in [3.8, 4) is 0 Å². The van der Waals surface area contributed by atoms with Gasteiger partial charge in [-0.15, -0.1) is 0 Å². The van der Waals surface area contributed by atoms with E-state index in [2.05, 4.69) is 20.8 Å². The molecule has 4 atom stereocenters. The molecule has 0 aliphatic heterocycles. The Bertz CT molecular complexity index is 265. The van der Waals surface area contributed by atoms with Crippen molar-refractivity contribution in [1.82, 2.24) is 0 Å². The van der Waals surface area contributed by atoms with Crippen LogP contribution in [0.2, 0.25) is 0 Å². The van der Waals surface area contributed by atoms with Gasteiger partial charge in [-0.25, -0.2) is 0 Å². The summed E-state index contributed by atoms with van der Waals surface area (Å²) in [5.41, 5.74) is 0. The van der Waals surface area contributed by atoms with Crippen molar-refractivity contribution in [3.05, 3.63) is 0 Å². The van der Waals surface area contributed by atoms with Crippen LogP contribution >= 0.6 is 0 Å². The average Bonchev–Trinajstić information content (AvgIpc) is 2.34. The first-order valence-corrected chi connectivity index (χ1v) is 6.91. The van der Waals surface area contributed by atoms with Crippen molar-refractivity contribution >= 4 is 5.97 Å². The summed E-state index contributed by atoms with van der Waals surface area (Å²) in [4.78, 5) is 12.1. The molecule has 1 aliphatic rings. The highest BCUT2D eigenvalue weighted by Gasteiger charge is 2.36. The topological polar surface area (TPSA) is 66.8 Å². The summed E-state index contributed by atoms with van der Waals surface area (Å²) in [6.45, 7) is 5.97. The quantitative estimate of drug-likeness (QED) is 0.735. The van der Waals surface area contributed by atoms with Crippen molar-refractivity contribution in [2.75, 3.05) is 13.2 Å². The van der Waals surface area contributed by atoms with Crippen LogP contribution in [-0.2, 0) is 9.53 Å². The van der Waals surface area contributed by atoms with Crippen LogP contribution in [0.5, 0.6) is 0 Å². The van der Waals surface area contributed by atoms with Crippen LogP contribution in [-0.4, -0.2) is 35.5 Å². The third-order valence-electron chi connectivity index (χ3n) is 3.95. The zero-order valence-electron chi connectivity index (χ0n) is 11.6. The highest BCUT2D eigenvalue weighted by molar-refractivity contribution is 5.73. The lowest BCUT2D eigenvalue weighted by atomic mass is 9.70. The molecule has 0 aromatic carbocycles. The average molecular weight is 258 g/mol. The molecule has 0 aromatic heterocycles. The van der Waals surface area contributed by atoms with Crippen molar-refractivity contribution < 1.29 is 19.7 Å². The minimum absolute atomic E-state index is 0.0559. The van der Waals surface area contributed by atoms with Gasteiger partial charge < -0.3 is 14.9 Å².